The van der Waals surface area contributed by atoms with Crippen LogP contribution in [-0.2, 0) is 14.4 Å². The van der Waals surface area contributed by atoms with E-state index in [9.17, 15) is 19.5 Å². The molecule has 0 saturated carbocycles. The molecule has 0 bridgehead atoms. The molecule has 1 heterocycles. The van der Waals surface area contributed by atoms with Crippen LogP contribution >= 0.6 is 0 Å². The molecular weight excluding hydrogens is 320 g/mol. The number of nitrogens with zero attached hydrogens (tertiary/aromatic N) is 3. The molecule has 10 heteroatoms. The van der Waals surface area contributed by atoms with Crippen LogP contribution in [0.15, 0.2) is 0 Å². The first-order chi connectivity index (χ1) is 11.3. The van der Waals surface area contributed by atoms with E-state index in [1.807, 2.05) is 0 Å². The summed E-state index contributed by atoms with van der Waals surface area (Å²) in [6, 6.07) is -0.758. The second kappa shape index (κ2) is 10.2. The van der Waals surface area contributed by atoms with E-state index in [1.54, 1.807) is 14.7 Å². The van der Waals surface area contributed by atoms with E-state index in [4.69, 9.17) is 15.9 Å². The number of hydrogen-bond acceptors (Lipinski definition) is 7. The Morgan fingerprint density at radius 2 is 1.25 bits per heavy atom. The van der Waals surface area contributed by atoms with E-state index < -0.39 is 23.9 Å². The first-order valence-electron chi connectivity index (χ1n) is 7.88. The van der Waals surface area contributed by atoms with E-state index in [0.717, 1.165) is 0 Å². The minimum Gasteiger partial charge on any atom is -0.480 e. The largest absolute Gasteiger partial charge is 0.480 e. The van der Waals surface area contributed by atoms with Crippen molar-refractivity contribution in [3.8, 4) is 0 Å². The number of nitrogens with two attached hydrogens (primary N) is 1. The minimum atomic E-state index is -0.978. The third-order valence-corrected chi connectivity index (χ3v) is 4.02. The molecule has 1 fully saturated rings. The SMILES string of the molecule is NCCC(C(=O)O)N1CCN(CC(=O)O)CCN(CC(=O)O)CC1. The third kappa shape index (κ3) is 7.21. The minimum absolute atomic E-state index is 0.163. The van der Waals surface area contributed by atoms with E-state index in [1.165, 1.54) is 0 Å². The van der Waals surface area contributed by atoms with Crippen molar-refractivity contribution in [3.05, 3.63) is 0 Å². The summed E-state index contributed by atoms with van der Waals surface area (Å²) in [7, 11) is 0. The van der Waals surface area contributed by atoms with Gasteiger partial charge in [0.15, 0.2) is 0 Å². The van der Waals surface area contributed by atoms with Gasteiger partial charge in [0.05, 0.1) is 13.1 Å². The highest BCUT2D eigenvalue weighted by molar-refractivity contribution is 5.73. The molecule has 5 N–H and O–H groups in total. The van der Waals surface area contributed by atoms with Crippen LogP contribution in [0.25, 0.3) is 0 Å². The highest BCUT2D eigenvalue weighted by atomic mass is 16.4. The second-order valence-electron chi connectivity index (χ2n) is 5.81. The zero-order valence-electron chi connectivity index (χ0n) is 13.6. The van der Waals surface area contributed by atoms with Gasteiger partial charge >= 0.3 is 17.9 Å². The van der Waals surface area contributed by atoms with Crippen LogP contribution in [0.2, 0.25) is 0 Å². The Morgan fingerprint density at radius 3 is 1.58 bits per heavy atom. The molecule has 138 valence electrons. The summed E-state index contributed by atoms with van der Waals surface area (Å²) in [6.45, 7) is 2.33. The van der Waals surface area contributed by atoms with E-state index in [-0.39, 0.29) is 26.1 Å². The Hall–Kier alpha value is -1.75. The van der Waals surface area contributed by atoms with Gasteiger partial charge in [0.25, 0.3) is 0 Å². The quantitative estimate of drug-likeness (QED) is 0.384. The zero-order chi connectivity index (χ0) is 18.1. The second-order valence-corrected chi connectivity index (χ2v) is 5.81. The van der Waals surface area contributed by atoms with Crippen LogP contribution in [-0.4, -0.2) is 113 Å². The van der Waals surface area contributed by atoms with Crippen molar-refractivity contribution >= 4 is 17.9 Å². The van der Waals surface area contributed by atoms with Gasteiger partial charge in [0.2, 0.25) is 0 Å². The fourth-order valence-electron chi connectivity index (χ4n) is 2.79. The molecule has 0 amide bonds. The topological polar surface area (TPSA) is 148 Å². The lowest BCUT2D eigenvalue weighted by Crippen LogP contribution is -2.47. The lowest BCUT2D eigenvalue weighted by atomic mass is 10.1. The molecule has 24 heavy (non-hydrogen) atoms. The van der Waals surface area contributed by atoms with E-state index in [0.29, 0.717) is 39.3 Å². The number of carbonyl (C=O) groups is 3. The van der Waals surface area contributed by atoms with Gasteiger partial charge in [0, 0.05) is 39.3 Å². The number of aliphatic carboxylic acids is 3. The highest BCUT2D eigenvalue weighted by Crippen LogP contribution is 2.08. The number of rotatable bonds is 8. The zero-order valence-corrected chi connectivity index (χ0v) is 13.6. The van der Waals surface area contributed by atoms with Crippen LogP contribution < -0.4 is 5.73 Å². The van der Waals surface area contributed by atoms with Crippen molar-refractivity contribution in [1.82, 2.24) is 14.7 Å². The average molecular weight is 346 g/mol. The van der Waals surface area contributed by atoms with E-state index >= 15 is 0 Å². The molecule has 10 nitrogen and oxygen atoms in total. The predicted octanol–water partition coefficient (Wildman–Crippen LogP) is -2.12. The van der Waals surface area contributed by atoms with E-state index in [2.05, 4.69) is 0 Å². The Kier molecular flexibility index (Phi) is 8.61. The standard InChI is InChI=1S/C14H26N4O6/c15-2-1-11(14(23)24)18-7-5-16(9-12(19)20)3-4-17(6-8-18)10-13(21)22/h11H,1-10,15H2,(H,19,20)(H,21,22)(H,23,24). The van der Waals surface area contributed by atoms with Gasteiger partial charge in [-0.2, -0.15) is 0 Å². The average Bonchev–Trinajstić information content (AvgIpc) is 2.56. The van der Waals surface area contributed by atoms with Crippen molar-refractivity contribution in [2.45, 2.75) is 12.5 Å². The van der Waals surface area contributed by atoms with Crippen molar-refractivity contribution in [3.63, 3.8) is 0 Å². The summed E-state index contributed by atoms with van der Waals surface area (Å²) >= 11 is 0. The smallest absolute Gasteiger partial charge is 0.320 e. The van der Waals surface area contributed by atoms with Crippen LogP contribution in [0.5, 0.6) is 0 Å². The molecule has 1 aliphatic rings. The van der Waals surface area contributed by atoms with Gasteiger partial charge in [-0.25, -0.2) is 0 Å². The Balaban J connectivity index is 2.86. The molecule has 0 aromatic heterocycles. The van der Waals surface area contributed by atoms with Crippen LogP contribution in [0.3, 0.4) is 0 Å². The van der Waals surface area contributed by atoms with Gasteiger partial charge in [-0.3, -0.25) is 29.1 Å². The normalized spacial score (nSPS) is 19.9. The number of carboxylic acids is 3. The first-order valence-corrected chi connectivity index (χ1v) is 7.88. The van der Waals surface area contributed by atoms with Gasteiger partial charge in [-0.15, -0.1) is 0 Å². The molecule has 1 aliphatic heterocycles. The molecule has 0 aromatic carbocycles. The Morgan fingerprint density at radius 1 is 0.833 bits per heavy atom. The fraction of sp³-hybridized carbons (Fsp3) is 0.786. The maximum absolute atomic E-state index is 11.5. The van der Waals surface area contributed by atoms with Gasteiger partial charge in [0.1, 0.15) is 6.04 Å². The van der Waals surface area contributed by atoms with Crippen molar-refractivity contribution in [2.24, 2.45) is 5.73 Å². The molecule has 1 unspecified atom stereocenters. The summed E-state index contributed by atoms with van der Waals surface area (Å²) in [6.07, 6.45) is 0.285. The Bertz CT molecular complexity index is 419. The molecule has 1 rings (SSSR count). The van der Waals surface area contributed by atoms with Gasteiger partial charge in [-0.1, -0.05) is 0 Å². The van der Waals surface area contributed by atoms with Crippen LogP contribution in [0.1, 0.15) is 6.42 Å². The summed E-state index contributed by atoms with van der Waals surface area (Å²) in [5, 5.41) is 27.4. The first kappa shape index (κ1) is 20.3. The van der Waals surface area contributed by atoms with Crippen LogP contribution in [0.4, 0.5) is 0 Å². The predicted molar refractivity (Wildman–Crippen MR) is 84.8 cm³/mol. The third-order valence-electron chi connectivity index (χ3n) is 4.02. The number of carboxylic acid groups (broad SMARTS) is 3. The van der Waals surface area contributed by atoms with Gasteiger partial charge in [-0.05, 0) is 13.0 Å². The lowest BCUT2D eigenvalue weighted by molar-refractivity contribution is -0.144. The molecule has 1 atom stereocenters. The summed E-state index contributed by atoms with van der Waals surface area (Å²) < 4.78 is 0. The summed E-state index contributed by atoms with van der Waals surface area (Å²) in [4.78, 5) is 38.5. The number of hydrogen-bond donors (Lipinski definition) is 4. The molecule has 0 radical (unpaired) electrons. The summed E-state index contributed by atoms with van der Waals surface area (Å²) in [5.74, 6) is -2.92. The highest BCUT2D eigenvalue weighted by Gasteiger charge is 2.27. The molecule has 1 saturated heterocycles. The molecular formula is C14H26N4O6. The molecule has 0 aliphatic carbocycles. The van der Waals surface area contributed by atoms with Gasteiger partial charge < -0.3 is 21.1 Å². The van der Waals surface area contributed by atoms with Crippen molar-refractivity contribution < 1.29 is 29.7 Å². The monoisotopic (exact) mass is 346 g/mol. The lowest BCUT2D eigenvalue weighted by Gasteiger charge is -2.30. The fourth-order valence-corrected chi connectivity index (χ4v) is 2.79. The maximum Gasteiger partial charge on any atom is 0.320 e. The molecule has 0 spiro atoms. The molecule has 0 aromatic rings. The van der Waals surface area contributed by atoms with Crippen LogP contribution in [0, 0.1) is 0 Å². The Labute approximate surface area is 140 Å². The van der Waals surface area contributed by atoms with Crippen molar-refractivity contribution in [2.75, 3.05) is 58.9 Å². The maximum atomic E-state index is 11.5. The van der Waals surface area contributed by atoms with Crippen molar-refractivity contribution in [1.29, 1.82) is 0 Å². The summed E-state index contributed by atoms with van der Waals surface area (Å²) in [5.41, 5.74) is 5.49.